The highest BCUT2D eigenvalue weighted by molar-refractivity contribution is 7.81. The monoisotopic (exact) mass is 168 g/mol. The minimum Gasteiger partial charge on any atom is -0.396 e. The normalized spacial score (nSPS) is 12.0. The SMILES string of the molecule is OCC(CO)(CS)CS. The van der Waals surface area contributed by atoms with E-state index in [9.17, 15) is 0 Å². The zero-order chi connectivity index (χ0) is 7.33. The van der Waals surface area contributed by atoms with E-state index >= 15 is 0 Å². The largest absolute Gasteiger partial charge is 0.396 e. The Morgan fingerprint density at radius 3 is 1.33 bits per heavy atom. The van der Waals surface area contributed by atoms with Crippen LogP contribution in [0.2, 0.25) is 0 Å². The van der Waals surface area contributed by atoms with Gasteiger partial charge in [0, 0.05) is 16.9 Å². The summed E-state index contributed by atoms with van der Waals surface area (Å²) >= 11 is 7.95. The first-order valence-electron chi connectivity index (χ1n) is 2.68. The minimum atomic E-state index is -0.494. The Balaban J connectivity index is 3.82. The topological polar surface area (TPSA) is 40.5 Å². The lowest BCUT2D eigenvalue weighted by atomic mass is 9.96. The van der Waals surface area contributed by atoms with E-state index in [1.54, 1.807) is 0 Å². The summed E-state index contributed by atoms with van der Waals surface area (Å²) in [5, 5.41) is 17.4. The van der Waals surface area contributed by atoms with Crippen LogP contribution in [-0.2, 0) is 0 Å². The minimum absolute atomic E-state index is 0.0590. The van der Waals surface area contributed by atoms with E-state index in [0.29, 0.717) is 11.5 Å². The van der Waals surface area contributed by atoms with Crippen LogP contribution in [0.5, 0.6) is 0 Å². The van der Waals surface area contributed by atoms with Crippen molar-refractivity contribution < 1.29 is 10.2 Å². The molecule has 0 heterocycles. The lowest BCUT2D eigenvalue weighted by Crippen LogP contribution is -2.33. The van der Waals surface area contributed by atoms with Crippen LogP contribution < -0.4 is 0 Å². The van der Waals surface area contributed by atoms with Crippen LogP contribution in [0.3, 0.4) is 0 Å². The number of aliphatic hydroxyl groups excluding tert-OH is 2. The number of rotatable bonds is 4. The summed E-state index contributed by atoms with van der Waals surface area (Å²) in [5.41, 5.74) is -0.494. The molecule has 0 aliphatic carbocycles. The highest BCUT2D eigenvalue weighted by Crippen LogP contribution is 2.18. The van der Waals surface area contributed by atoms with Crippen molar-refractivity contribution in [2.45, 2.75) is 0 Å². The third kappa shape index (κ3) is 2.37. The molecular weight excluding hydrogens is 156 g/mol. The smallest absolute Gasteiger partial charge is 0.0525 e. The van der Waals surface area contributed by atoms with Gasteiger partial charge in [-0.25, -0.2) is 0 Å². The third-order valence-corrected chi connectivity index (χ3v) is 2.68. The van der Waals surface area contributed by atoms with Crippen LogP contribution in [0.15, 0.2) is 0 Å². The molecule has 0 aliphatic heterocycles. The van der Waals surface area contributed by atoms with Gasteiger partial charge in [0.25, 0.3) is 0 Å². The van der Waals surface area contributed by atoms with Gasteiger partial charge in [0.2, 0.25) is 0 Å². The Bertz CT molecular complexity index is 55.8. The molecule has 0 bridgehead atoms. The second-order valence-corrected chi connectivity index (χ2v) is 2.76. The Kier molecular flexibility index (Phi) is 4.74. The molecule has 2 N–H and O–H groups in total. The predicted molar refractivity (Wildman–Crippen MR) is 44.3 cm³/mol. The Morgan fingerprint density at radius 2 is 1.33 bits per heavy atom. The second kappa shape index (κ2) is 4.44. The first-order valence-corrected chi connectivity index (χ1v) is 3.94. The van der Waals surface area contributed by atoms with Gasteiger partial charge in [0.1, 0.15) is 0 Å². The first kappa shape index (κ1) is 9.62. The quantitative estimate of drug-likeness (QED) is 0.440. The molecule has 9 heavy (non-hydrogen) atoms. The first-order chi connectivity index (χ1) is 4.24. The summed E-state index contributed by atoms with van der Waals surface area (Å²) in [5.74, 6) is 0.924. The standard InChI is InChI=1S/C5H12O2S2/c6-1-5(2-7,3-8)4-9/h6-9H,1-4H2. The van der Waals surface area contributed by atoms with Gasteiger partial charge in [-0.05, 0) is 0 Å². The van der Waals surface area contributed by atoms with Gasteiger partial charge in [0.05, 0.1) is 13.2 Å². The fourth-order valence-corrected chi connectivity index (χ4v) is 1.10. The van der Waals surface area contributed by atoms with Crippen molar-refractivity contribution >= 4 is 25.3 Å². The summed E-state index contributed by atoms with van der Waals surface area (Å²) in [6.45, 7) is -0.118. The van der Waals surface area contributed by atoms with Crippen molar-refractivity contribution in [3.63, 3.8) is 0 Å². The lowest BCUT2D eigenvalue weighted by Gasteiger charge is -2.24. The molecule has 0 aromatic carbocycles. The molecule has 0 radical (unpaired) electrons. The van der Waals surface area contributed by atoms with E-state index in [1.165, 1.54) is 0 Å². The van der Waals surface area contributed by atoms with E-state index in [2.05, 4.69) is 25.3 Å². The average molecular weight is 168 g/mol. The van der Waals surface area contributed by atoms with Gasteiger partial charge in [-0.15, -0.1) is 0 Å². The van der Waals surface area contributed by atoms with E-state index < -0.39 is 5.41 Å². The molecule has 0 rings (SSSR count). The lowest BCUT2D eigenvalue weighted by molar-refractivity contribution is 0.0939. The van der Waals surface area contributed by atoms with E-state index in [-0.39, 0.29) is 13.2 Å². The van der Waals surface area contributed by atoms with Gasteiger partial charge in [-0.3, -0.25) is 0 Å². The summed E-state index contributed by atoms with van der Waals surface area (Å²) in [4.78, 5) is 0. The van der Waals surface area contributed by atoms with Gasteiger partial charge < -0.3 is 10.2 Å². The molecule has 0 aromatic heterocycles. The molecule has 0 saturated heterocycles. The fraction of sp³-hybridized carbons (Fsp3) is 1.00. The van der Waals surface area contributed by atoms with Crippen molar-refractivity contribution in [3.8, 4) is 0 Å². The van der Waals surface area contributed by atoms with Crippen LogP contribution >= 0.6 is 25.3 Å². The van der Waals surface area contributed by atoms with Crippen molar-refractivity contribution in [3.05, 3.63) is 0 Å². The summed E-state index contributed by atoms with van der Waals surface area (Å²) in [6.07, 6.45) is 0. The Morgan fingerprint density at radius 1 is 1.00 bits per heavy atom. The van der Waals surface area contributed by atoms with Crippen molar-refractivity contribution in [1.29, 1.82) is 0 Å². The predicted octanol–water partition coefficient (Wildman–Crippen LogP) is -0.183. The summed E-state index contributed by atoms with van der Waals surface area (Å²) in [6, 6.07) is 0. The molecule has 0 spiro atoms. The third-order valence-electron chi connectivity index (χ3n) is 1.34. The fourth-order valence-electron chi connectivity index (χ4n) is 0.300. The highest BCUT2D eigenvalue weighted by atomic mass is 32.1. The van der Waals surface area contributed by atoms with Gasteiger partial charge in [-0.1, -0.05) is 0 Å². The van der Waals surface area contributed by atoms with Crippen molar-refractivity contribution in [2.24, 2.45) is 5.41 Å². The van der Waals surface area contributed by atoms with Crippen molar-refractivity contribution in [1.82, 2.24) is 0 Å². The molecule has 56 valence electrons. The highest BCUT2D eigenvalue weighted by Gasteiger charge is 2.24. The van der Waals surface area contributed by atoms with Crippen molar-refractivity contribution in [2.75, 3.05) is 24.7 Å². The van der Waals surface area contributed by atoms with Crippen LogP contribution in [-0.4, -0.2) is 34.9 Å². The molecule has 0 aliphatic rings. The molecule has 0 aromatic rings. The maximum Gasteiger partial charge on any atom is 0.0525 e. The zero-order valence-corrected chi connectivity index (χ0v) is 6.91. The molecule has 0 saturated carbocycles. The number of aliphatic hydroxyl groups is 2. The average Bonchev–Trinajstić information content (AvgIpc) is 1.95. The van der Waals surface area contributed by atoms with Crippen LogP contribution in [0.25, 0.3) is 0 Å². The van der Waals surface area contributed by atoms with Gasteiger partial charge >= 0.3 is 0 Å². The summed E-state index contributed by atoms with van der Waals surface area (Å²) < 4.78 is 0. The Labute approximate surface area is 66.1 Å². The molecular formula is C5H12O2S2. The number of hydrogen-bond acceptors (Lipinski definition) is 4. The molecule has 0 unspecified atom stereocenters. The van der Waals surface area contributed by atoms with Gasteiger partial charge in [0.15, 0.2) is 0 Å². The Hall–Kier alpha value is 0.620. The molecule has 2 nitrogen and oxygen atoms in total. The second-order valence-electron chi connectivity index (χ2n) is 2.13. The maximum atomic E-state index is 8.72. The van der Waals surface area contributed by atoms with E-state index in [1.807, 2.05) is 0 Å². The zero-order valence-electron chi connectivity index (χ0n) is 5.12. The van der Waals surface area contributed by atoms with Crippen LogP contribution in [0.1, 0.15) is 0 Å². The molecule has 0 amide bonds. The van der Waals surface area contributed by atoms with E-state index in [4.69, 9.17) is 10.2 Å². The molecule has 0 atom stereocenters. The maximum absolute atomic E-state index is 8.72. The molecule has 4 heteroatoms. The molecule has 0 fully saturated rings. The van der Waals surface area contributed by atoms with Gasteiger partial charge in [-0.2, -0.15) is 25.3 Å². The van der Waals surface area contributed by atoms with Crippen LogP contribution in [0.4, 0.5) is 0 Å². The van der Waals surface area contributed by atoms with E-state index in [0.717, 1.165) is 0 Å². The number of hydrogen-bond donors (Lipinski definition) is 4. The van der Waals surface area contributed by atoms with Crippen LogP contribution in [0, 0.1) is 5.41 Å². The number of thiol groups is 2. The summed E-state index contributed by atoms with van der Waals surface area (Å²) in [7, 11) is 0.